The SMILES string of the molecule is CC(Nc1ccccc1SC1CCCC1)C(C)(C)O. The van der Waals surface area contributed by atoms with Crippen LogP contribution in [0.3, 0.4) is 0 Å². The monoisotopic (exact) mass is 279 g/mol. The van der Waals surface area contributed by atoms with Gasteiger partial charge in [-0.15, -0.1) is 11.8 Å². The fourth-order valence-corrected chi connectivity index (χ4v) is 3.62. The first-order chi connectivity index (χ1) is 8.97. The Balaban J connectivity index is 2.07. The average molecular weight is 279 g/mol. The first kappa shape index (κ1) is 14.7. The highest BCUT2D eigenvalue weighted by molar-refractivity contribution is 8.00. The maximum atomic E-state index is 10.1. The molecule has 1 fully saturated rings. The molecular weight excluding hydrogens is 254 g/mol. The van der Waals surface area contributed by atoms with Crippen LogP contribution in [0.4, 0.5) is 5.69 Å². The second-order valence-corrected chi connectivity index (χ2v) is 7.38. The summed E-state index contributed by atoms with van der Waals surface area (Å²) in [5.41, 5.74) is 0.430. The second kappa shape index (κ2) is 6.19. The number of para-hydroxylation sites is 1. The molecule has 1 saturated carbocycles. The predicted octanol–water partition coefficient (Wildman–Crippen LogP) is 4.29. The summed E-state index contributed by atoms with van der Waals surface area (Å²) in [7, 11) is 0. The van der Waals surface area contributed by atoms with Crippen molar-refractivity contribution in [1.29, 1.82) is 0 Å². The van der Waals surface area contributed by atoms with Crippen LogP contribution in [-0.2, 0) is 0 Å². The molecule has 2 nitrogen and oxygen atoms in total. The molecular formula is C16H25NOS. The molecule has 0 saturated heterocycles. The van der Waals surface area contributed by atoms with Crippen molar-refractivity contribution in [2.45, 2.75) is 68.2 Å². The maximum absolute atomic E-state index is 10.1. The Kier molecular flexibility index (Phi) is 4.80. The van der Waals surface area contributed by atoms with E-state index in [1.165, 1.54) is 30.6 Å². The Morgan fingerprint density at radius 3 is 2.53 bits per heavy atom. The minimum atomic E-state index is -0.717. The van der Waals surface area contributed by atoms with Crippen LogP contribution >= 0.6 is 11.8 Å². The smallest absolute Gasteiger partial charge is 0.0789 e. The van der Waals surface area contributed by atoms with Crippen LogP contribution in [0.2, 0.25) is 0 Å². The van der Waals surface area contributed by atoms with Gasteiger partial charge in [-0.1, -0.05) is 25.0 Å². The largest absolute Gasteiger partial charge is 0.388 e. The molecule has 3 heteroatoms. The summed E-state index contributed by atoms with van der Waals surface area (Å²) in [6.07, 6.45) is 5.40. The number of anilines is 1. The minimum absolute atomic E-state index is 0.0258. The summed E-state index contributed by atoms with van der Waals surface area (Å²) >= 11 is 1.99. The van der Waals surface area contributed by atoms with Gasteiger partial charge >= 0.3 is 0 Å². The van der Waals surface area contributed by atoms with Crippen molar-refractivity contribution in [1.82, 2.24) is 0 Å². The number of benzene rings is 1. The molecule has 0 heterocycles. The normalized spacial score (nSPS) is 18.5. The van der Waals surface area contributed by atoms with E-state index in [1.807, 2.05) is 32.5 Å². The zero-order valence-corrected chi connectivity index (χ0v) is 13.0. The summed E-state index contributed by atoms with van der Waals surface area (Å²) < 4.78 is 0. The molecule has 106 valence electrons. The van der Waals surface area contributed by atoms with Crippen molar-refractivity contribution in [2.75, 3.05) is 5.32 Å². The number of hydrogen-bond donors (Lipinski definition) is 2. The fourth-order valence-electron chi connectivity index (χ4n) is 2.28. The number of nitrogens with one attached hydrogen (secondary N) is 1. The van der Waals surface area contributed by atoms with Gasteiger partial charge in [-0.25, -0.2) is 0 Å². The van der Waals surface area contributed by atoms with E-state index in [0.717, 1.165) is 10.9 Å². The fraction of sp³-hybridized carbons (Fsp3) is 0.625. The van der Waals surface area contributed by atoms with E-state index in [2.05, 4.69) is 29.6 Å². The van der Waals surface area contributed by atoms with E-state index in [0.29, 0.717) is 0 Å². The molecule has 1 aromatic carbocycles. The predicted molar refractivity (Wildman–Crippen MR) is 83.9 cm³/mol. The summed E-state index contributed by atoms with van der Waals surface area (Å²) in [5, 5.41) is 14.3. The van der Waals surface area contributed by atoms with Crippen LogP contribution in [0.25, 0.3) is 0 Å². The number of hydrogen-bond acceptors (Lipinski definition) is 3. The third-order valence-corrected chi connectivity index (χ3v) is 5.33. The van der Waals surface area contributed by atoms with E-state index in [4.69, 9.17) is 0 Å². The Morgan fingerprint density at radius 2 is 1.89 bits per heavy atom. The lowest BCUT2D eigenvalue weighted by molar-refractivity contribution is 0.0648. The zero-order valence-electron chi connectivity index (χ0n) is 12.1. The molecule has 1 aliphatic rings. The Bertz CT molecular complexity index is 407. The van der Waals surface area contributed by atoms with E-state index >= 15 is 0 Å². The Hall–Kier alpha value is -0.670. The second-order valence-electron chi connectivity index (χ2n) is 6.04. The lowest BCUT2D eigenvalue weighted by Crippen LogP contribution is -2.39. The molecule has 0 aromatic heterocycles. The molecule has 2 N–H and O–H groups in total. The number of thioether (sulfide) groups is 1. The van der Waals surface area contributed by atoms with Crippen LogP contribution in [0.1, 0.15) is 46.5 Å². The maximum Gasteiger partial charge on any atom is 0.0789 e. The average Bonchev–Trinajstić information content (AvgIpc) is 2.83. The Morgan fingerprint density at radius 1 is 1.26 bits per heavy atom. The zero-order chi connectivity index (χ0) is 13.9. The van der Waals surface area contributed by atoms with Gasteiger partial charge in [-0.05, 0) is 45.7 Å². The quantitative estimate of drug-likeness (QED) is 0.843. The Labute approximate surface area is 121 Å². The standard InChI is InChI=1S/C16H25NOS/c1-12(16(2,3)18)17-14-10-6-7-11-15(14)19-13-8-4-5-9-13/h6-7,10-13,17-18H,4-5,8-9H2,1-3H3. The molecule has 1 atom stereocenters. The highest BCUT2D eigenvalue weighted by Gasteiger charge is 2.23. The third-order valence-electron chi connectivity index (χ3n) is 3.91. The van der Waals surface area contributed by atoms with Gasteiger partial charge in [-0.2, -0.15) is 0 Å². The lowest BCUT2D eigenvalue weighted by atomic mass is 10.0. The highest BCUT2D eigenvalue weighted by Crippen LogP contribution is 2.38. The molecule has 1 unspecified atom stereocenters. The van der Waals surface area contributed by atoms with Crippen molar-refractivity contribution in [3.8, 4) is 0 Å². The van der Waals surface area contributed by atoms with Gasteiger partial charge in [0.25, 0.3) is 0 Å². The van der Waals surface area contributed by atoms with Crippen molar-refractivity contribution in [3.05, 3.63) is 24.3 Å². The first-order valence-corrected chi connectivity index (χ1v) is 8.09. The van der Waals surface area contributed by atoms with E-state index in [9.17, 15) is 5.11 Å². The minimum Gasteiger partial charge on any atom is -0.388 e. The molecule has 1 aromatic rings. The molecule has 0 aliphatic heterocycles. The van der Waals surface area contributed by atoms with Crippen molar-refractivity contribution >= 4 is 17.4 Å². The number of aliphatic hydroxyl groups is 1. The van der Waals surface area contributed by atoms with Crippen molar-refractivity contribution in [3.63, 3.8) is 0 Å². The molecule has 0 amide bonds. The topological polar surface area (TPSA) is 32.3 Å². The van der Waals surface area contributed by atoms with Crippen LogP contribution in [0.5, 0.6) is 0 Å². The highest BCUT2D eigenvalue weighted by atomic mass is 32.2. The molecule has 0 spiro atoms. The van der Waals surface area contributed by atoms with Crippen molar-refractivity contribution < 1.29 is 5.11 Å². The van der Waals surface area contributed by atoms with Gasteiger partial charge in [0.1, 0.15) is 0 Å². The molecule has 19 heavy (non-hydrogen) atoms. The summed E-state index contributed by atoms with van der Waals surface area (Å²) in [6.45, 7) is 5.71. The summed E-state index contributed by atoms with van der Waals surface area (Å²) in [6, 6.07) is 8.47. The van der Waals surface area contributed by atoms with E-state index < -0.39 is 5.60 Å². The van der Waals surface area contributed by atoms with Gasteiger partial charge in [0, 0.05) is 15.8 Å². The molecule has 2 rings (SSSR count). The van der Waals surface area contributed by atoms with Gasteiger partial charge in [-0.3, -0.25) is 0 Å². The van der Waals surface area contributed by atoms with E-state index in [-0.39, 0.29) is 6.04 Å². The van der Waals surface area contributed by atoms with Crippen molar-refractivity contribution in [2.24, 2.45) is 0 Å². The van der Waals surface area contributed by atoms with Gasteiger partial charge < -0.3 is 10.4 Å². The van der Waals surface area contributed by atoms with Crippen LogP contribution in [0, 0.1) is 0 Å². The van der Waals surface area contributed by atoms with Gasteiger partial charge in [0.2, 0.25) is 0 Å². The van der Waals surface area contributed by atoms with Crippen LogP contribution in [0.15, 0.2) is 29.2 Å². The van der Waals surface area contributed by atoms with Crippen LogP contribution < -0.4 is 5.32 Å². The molecule has 0 radical (unpaired) electrons. The van der Waals surface area contributed by atoms with Crippen LogP contribution in [-0.4, -0.2) is 22.0 Å². The lowest BCUT2D eigenvalue weighted by Gasteiger charge is -2.28. The number of rotatable bonds is 5. The first-order valence-electron chi connectivity index (χ1n) is 7.21. The van der Waals surface area contributed by atoms with Gasteiger partial charge in [0.05, 0.1) is 11.6 Å². The van der Waals surface area contributed by atoms with E-state index in [1.54, 1.807) is 0 Å². The summed E-state index contributed by atoms with van der Waals surface area (Å²) in [5.74, 6) is 0. The molecule has 0 bridgehead atoms. The molecule has 1 aliphatic carbocycles. The van der Waals surface area contributed by atoms with Gasteiger partial charge in [0.15, 0.2) is 0 Å². The summed E-state index contributed by atoms with van der Waals surface area (Å²) in [4.78, 5) is 1.31. The third kappa shape index (κ3) is 4.15.